The first-order valence-electron chi connectivity index (χ1n) is 9.73. The molecule has 1 aromatic heterocycles. The number of carbonyl (C=O) groups excluding carboxylic acids is 2. The molecule has 3 atom stereocenters. The Morgan fingerprint density at radius 3 is 2.67 bits per heavy atom. The minimum Gasteiger partial charge on any atom is -0.376 e. The normalized spacial score (nSPS) is 19.2. The number of carbonyl (C=O) groups is 2. The van der Waals surface area contributed by atoms with Gasteiger partial charge in [0.25, 0.3) is 0 Å². The maximum Gasteiger partial charge on any atom is 0.243 e. The number of benzene rings is 1. The summed E-state index contributed by atoms with van der Waals surface area (Å²) in [6.45, 7) is 6.35. The van der Waals surface area contributed by atoms with E-state index in [4.69, 9.17) is 4.74 Å². The lowest BCUT2D eigenvalue weighted by atomic mass is 10.0. The Balaban J connectivity index is 1.75. The van der Waals surface area contributed by atoms with Crippen molar-refractivity contribution in [3.8, 4) is 0 Å². The molecule has 0 radical (unpaired) electrons. The summed E-state index contributed by atoms with van der Waals surface area (Å²) in [7, 11) is 0. The first-order chi connectivity index (χ1) is 13.0. The van der Waals surface area contributed by atoms with E-state index in [0.717, 1.165) is 35.9 Å². The summed E-state index contributed by atoms with van der Waals surface area (Å²) in [5.74, 6) is -0.476. The van der Waals surface area contributed by atoms with Crippen LogP contribution in [0.3, 0.4) is 0 Å². The van der Waals surface area contributed by atoms with Crippen molar-refractivity contribution in [2.45, 2.75) is 58.2 Å². The number of aromatic amines is 1. The van der Waals surface area contributed by atoms with Gasteiger partial charge in [-0.15, -0.1) is 0 Å². The highest BCUT2D eigenvalue weighted by molar-refractivity contribution is 5.90. The van der Waals surface area contributed by atoms with Gasteiger partial charge in [-0.3, -0.25) is 9.59 Å². The molecule has 0 aliphatic carbocycles. The van der Waals surface area contributed by atoms with E-state index in [1.165, 1.54) is 0 Å². The molecule has 3 unspecified atom stereocenters. The van der Waals surface area contributed by atoms with Gasteiger partial charge in [0.1, 0.15) is 6.04 Å². The number of aromatic nitrogens is 1. The van der Waals surface area contributed by atoms with Crippen LogP contribution in [0.15, 0.2) is 30.5 Å². The predicted molar refractivity (Wildman–Crippen MR) is 105 cm³/mol. The van der Waals surface area contributed by atoms with E-state index in [-0.39, 0.29) is 29.9 Å². The molecule has 1 aliphatic heterocycles. The number of amides is 2. The molecule has 6 heteroatoms. The van der Waals surface area contributed by atoms with Crippen molar-refractivity contribution in [2.75, 3.05) is 6.61 Å². The summed E-state index contributed by atoms with van der Waals surface area (Å²) in [5, 5.41) is 7.02. The average molecular weight is 371 g/mol. The van der Waals surface area contributed by atoms with Crippen LogP contribution in [-0.2, 0) is 20.7 Å². The van der Waals surface area contributed by atoms with Gasteiger partial charge in [0, 0.05) is 36.0 Å². The zero-order valence-corrected chi connectivity index (χ0v) is 16.2. The zero-order valence-electron chi connectivity index (χ0n) is 16.2. The largest absolute Gasteiger partial charge is 0.376 e. The third-order valence-electron chi connectivity index (χ3n) is 5.15. The Bertz CT molecular complexity index is 793. The second kappa shape index (κ2) is 8.57. The Labute approximate surface area is 160 Å². The van der Waals surface area contributed by atoms with Gasteiger partial charge in [-0.2, -0.15) is 0 Å². The highest BCUT2D eigenvalue weighted by Crippen LogP contribution is 2.20. The molecule has 0 spiro atoms. The van der Waals surface area contributed by atoms with Crippen molar-refractivity contribution in [1.82, 2.24) is 15.6 Å². The third-order valence-corrected chi connectivity index (χ3v) is 5.15. The molecular weight excluding hydrogens is 342 g/mol. The van der Waals surface area contributed by atoms with Gasteiger partial charge in [-0.25, -0.2) is 0 Å². The summed E-state index contributed by atoms with van der Waals surface area (Å²) >= 11 is 0. The van der Waals surface area contributed by atoms with E-state index in [0.29, 0.717) is 6.42 Å². The minimum absolute atomic E-state index is 0.0449. The van der Waals surface area contributed by atoms with Gasteiger partial charge in [0.2, 0.25) is 11.8 Å². The molecule has 1 fully saturated rings. The molecule has 1 aliphatic rings. The standard InChI is InChI=1S/C21H29N3O3/c1-13(2)20(25)24-18(21(26)23-14(3)19-9-6-10-27-19)11-15-12-22-17-8-5-4-7-16(15)17/h4-5,7-8,12-14,18-19,22H,6,9-11H2,1-3H3,(H,23,26)(H,24,25). The van der Waals surface area contributed by atoms with Gasteiger partial charge in [-0.1, -0.05) is 32.0 Å². The molecular formula is C21H29N3O3. The fourth-order valence-electron chi connectivity index (χ4n) is 3.48. The Morgan fingerprint density at radius 2 is 1.96 bits per heavy atom. The van der Waals surface area contributed by atoms with Crippen LogP contribution in [0, 0.1) is 5.92 Å². The first kappa shape index (κ1) is 19.4. The molecule has 146 valence electrons. The number of fused-ring (bicyclic) bond motifs is 1. The molecule has 0 bridgehead atoms. The topological polar surface area (TPSA) is 83.2 Å². The first-order valence-corrected chi connectivity index (χ1v) is 9.73. The fraction of sp³-hybridized carbons (Fsp3) is 0.524. The third kappa shape index (κ3) is 4.69. The van der Waals surface area contributed by atoms with Crippen LogP contribution >= 0.6 is 0 Å². The van der Waals surface area contributed by atoms with Crippen LogP contribution in [0.5, 0.6) is 0 Å². The van der Waals surface area contributed by atoms with E-state index < -0.39 is 6.04 Å². The minimum atomic E-state index is -0.622. The molecule has 0 saturated carbocycles. The molecule has 2 aromatic rings. The lowest BCUT2D eigenvalue weighted by Gasteiger charge is -2.25. The Kier molecular flexibility index (Phi) is 6.16. The molecule has 1 saturated heterocycles. The summed E-state index contributed by atoms with van der Waals surface area (Å²) in [5.41, 5.74) is 2.04. The molecule has 2 amide bonds. The lowest BCUT2D eigenvalue weighted by molar-refractivity contribution is -0.131. The van der Waals surface area contributed by atoms with Crippen molar-refractivity contribution in [3.05, 3.63) is 36.0 Å². The molecule has 3 N–H and O–H groups in total. The highest BCUT2D eigenvalue weighted by atomic mass is 16.5. The quantitative estimate of drug-likeness (QED) is 0.699. The van der Waals surface area contributed by atoms with Gasteiger partial charge in [0.15, 0.2) is 0 Å². The second-order valence-electron chi connectivity index (χ2n) is 7.63. The molecule has 27 heavy (non-hydrogen) atoms. The van der Waals surface area contributed by atoms with Crippen LogP contribution in [0.1, 0.15) is 39.2 Å². The number of H-pyrrole nitrogens is 1. The highest BCUT2D eigenvalue weighted by Gasteiger charge is 2.28. The number of hydrogen-bond donors (Lipinski definition) is 3. The van der Waals surface area contributed by atoms with Crippen molar-refractivity contribution in [3.63, 3.8) is 0 Å². The van der Waals surface area contributed by atoms with Crippen molar-refractivity contribution in [2.24, 2.45) is 5.92 Å². The number of para-hydroxylation sites is 1. The SMILES string of the molecule is CC(C)C(=O)NC(Cc1c[nH]c2ccccc12)C(=O)NC(C)C1CCCO1. The van der Waals surface area contributed by atoms with E-state index in [9.17, 15) is 9.59 Å². The maximum atomic E-state index is 12.9. The Morgan fingerprint density at radius 1 is 1.19 bits per heavy atom. The lowest BCUT2D eigenvalue weighted by Crippen LogP contribution is -2.53. The summed E-state index contributed by atoms with van der Waals surface area (Å²) < 4.78 is 5.67. The van der Waals surface area contributed by atoms with E-state index in [1.54, 1.807) is 0 Å². The Hall–Kier alpha value is -2.34. The van der Waals surface area contributed by atoms with Crippen LogP contribution < -0.4 is 10.6 Å². The smallest absolute Gasteiger partial charge is 0.243 e. The number of rotatable bonds is 7. The fourth-order valence-corrected chi connectivity index (χ4v) is 3.48. The molecule has 2 heterocycles. The van der Waals surface area contributed by atoms with Crippen molar-refractivity contribution >= 4 is 22.7 Å². The van der Waals surface area contributed by atoms with Gasteiger partial charge >= 0.3 is 0 Å². The van der Waals surface area contributed by atoms with E-state index >= 15 is 0 Å². The maximum absolute atomic E-state index is 12.9. The van der Waals surface area contributed by atoms with Crippen LogP contribution in [0.25, 0.3) is 10.9 Å². The number of nitrogens with one attached hydrogen (secondary N) is 3. The van der Waals surface area contributed by atoms with Crippen LogP contribution in [0.4, 0.5) is 0 Å². The molecule has 1 aromatic carbocycles. The van der Waals surface area contributed by atoms with Crippen LogP contribution in [-0.4, -0.2) is 41.6 Å². The van der Waals surface area contributed by atoms with Gasteiger partial charge < -0.3 is 20.4 Å². The molecule has 3 rings (SSSR count). The summed E-state index contributed by atoms with van der Waals surface area (Å²) in [6, 6.07) is 7.26. The van der Waals surface area contributed by atoms with Gasteiger partial charge in [-0.05, 0) is 31.4 Å². The van der Waals surface area contributed by atoms with Crippen LogP contribution in [0.2, 0.25) is 0 Å². The predicted octanol–water partition coefficient (Wildman–Crippen LogP) is 2.53. The number of ether oxygens (including phenoxy) is 1. The summed E-state index contributed by atoms with van der Waals surface area (Å²) in [4.78, 5) is 28.4. The zero-order chi connectivity index (χ0) is 19.4. The number of hydrogen-bond acceptors (Lipinski definition) is 3. The monoisotopic (exact) mass is 371 g/mol. The van der Waals surface area contributed by atoms with Crippen molar-refractivity contribution < 1.29 is 14.3 Å². The van der Waals surface area contributed by atoms with E-state index in [1.807, 2.05) is 51.2 Å². The van der Waals surface area contributed by atoms with Gasteiger partial charge in [0.05, 0.1) is 12.1 Å². The van der Waals surface area contributed by atoms with Crippen molar-refractivity contribution in [1.29, 1.82) is 0 Å². The summed E-state index contributed by atoms with van der Waals surface area (Å²) in [6.07, 6.45) is 4.37. The second-order valence-corrected chi connectivity index (χ2v) is 7.63. The molecule has 6 nitrogen and oxygen atoms in total. The van der Waals surface area contributed by atoms with E-state index in [2.05, 4.69) is 15.6 Å². The average Bonchev–Trinajstić information content (AvgIpc) is 3.31.